The molecule has 1 atom stereocenters. The number of carboxylic acids is 1. The predicted octanol–water partition coefficient (Wildman–Crippen LogP) is 0.884. The first kappa shape index (κ1) is 12.7. The predicted molar refractivity (Wildman–Crippen MR) is 61.0 cm³/mol. The molecule has 5 heteroatoms. The van der Waals surface area contributed by atoms with Gasteiger partial charge in [-0.3, -0.25) is 4.79 Å². The Bertz CT molecular complexity index is 347. The molecule has 5 nitrogen and oxygen atoms in total. The molecule has 1 rings (SSSR count). The van der Waals surface area contributed by atoms with Gasteiger partial charge in [-0.15, -0.1) is 0 Å². The van der Waals surface area contributed by atoms with Crippen molar-refractivity contribution in [3.05, 3.63) is 18.2 Å². The topological polar surface area (TPSA) is 81.1 Å². The number of hydrogen-bond acceptors (Lipinski definition) is 3. The van der Waals surface area contributed by atoms with Gasteiger partial charge in [-0.2, -0.15) is 0 Å². The zero-order chi connectivity index (χ0) is 12.1. The zero-order valence-electron chi connectivity index (χ0n) is 9.76. The molecule has 1 unspecified atom stereocenters. The first-order valence-electron chi connectivity index (χ1n) is 5.48. The number of aromatic nitrogens is 2. The van der Waals surface area contributed by atoms with Gasteiger partial charge in [0.15, 0.2) is 0 Å². The van der Waals surface area contributed by atoms with Gasteiger partial charge in [0.1, 0.15) is 6.04 Å². The highest BCUT2D eigenvalue weighted by molar-refractivity contribution is 5.73. The molecule has 90 valence electrons. The minimum Gasteiger partial charge on any atom is -0.480 e. The van der Waals surface area contributed by atoms with E-state index in [0.29, 0.717) is 5.92 Å². The van der Waals surface area contributed by atoms with E-state index in [2.05, 4.69) is 18.8 Å². The van der Waals surface area contributed by atoms with Crippen molar-refractivity contribution < 1.29 is 9.90 Å². The Morgan fingerprint density at radius 1 is 1.62 bits per heavy atom. The van der Waals surface area contributed by atoms with Crippen LogP contribution >= 0.6 is 0 Å². The minimum atomic E-state index is -0.989. The third-order valence-corrected chi connectivity index (χ3v) is 2.40. The molecular formula is C11H19N3O2. The normalized spacial score (nSPS) is 13.0. The second-order valence-corrected chi connectivity index (χ2v) is 4.43. The molecular weight excluding hydrogens is 206 g/mol. The maximum absolute atomic E-state index is 10.6. The van der Waals surface area contributed by atoms with Crippen molar-refractivity contribution in [1.82, 2.24) is 9.55 Å². The standard InChI is InChI=1S/C11H19N3O2/c1-8(2)3-4-14-6-9(13-7-14)5-10(12)11(15)16/h6-8,10H,3-5,12H2,1-2H3,(H,15,16). The lowest BCUT2D eigenvalue weighted by Crippen LogP contribution is -2.32. The number of nitrogens with zero attached hydrogens (tertiary/aromatic N) is 2. The van der Waals surface area contributed by atoms with E-state index < -0.39 is 12.0 Å². The van der Waals surface area contributed by atoms with Crippen LogP contribution in [0.2, 0.25) is 0 Å². The molecule has 16 heavy (non-hydrogen) atoms. The van der Waals surface area contributed by atoms with Gasteiger partial charge in [0, 0.05) is 19.2 Å². The third-order valence-electron chi connectivity index (χ3n) is 2.40. The molecule has 0 aromatic carbocycles. The monoisotopic (exact) mass is 225 g/mol. The molecule has 1 heterocycles. The molecule has 1 aromatic heterocycles. The molecule has 1 aromatic rings. The molecule has 0 amide bonds. The Morgan fingerprint density at radius 2 is 2.31 bits per heavy atom. The molecule has 0 aliphatic carbocycles. The van der Waals surface area contributed by atoms with Crippen LogP contribution in [-0.2, 0) is 17.8 Å². The summed E-state index contributed by atoms with van der Waals surface area (Å²) in [6.07, 6.45) is 4.96. The molecule has 0 saturated heterocycles. The molecule has 0 spiro atoms. The first-order chi connectivity index (χ1) is 7.49. The van der Waals surface area contributed by atoms with Crippen LogP contribution in [-0.4, -0.2) is 26.7 Å². The summed E-state index contributed by atoms with van der Waals surface area (Å²) in [6, 6.07) is -0.867. The van der Waals surface area contributed by atoms with Crippen LogP contribution in [0, 0.1) is 5.92 Å². The molecule has 0 aliphatic heterocycles. The first-order valence-corrected chi connectivity index (χ1v) is 5.48. The Morgan fingerprint density at radius 3 is 2.88 bits per heavy atom. The number of rotatable bonds is 6. The summed E-state index contributed by atoms with van der Waals surface area (Å²) in [5.41, 5.74) is 6.17. The minimum absolute atomic E-state index is 0.282. The van der Waals surface area contributed by atoms with E-state index in [1.807, 2.05) is 10.8 Å². The van der Waals surface area contributed by atoms with E-state index in [-0.39, 0.29) is 6.42 Å². The second kappa shape index (κ2) is 5.65. The van der Waals surface area contributed by atoms with Gasteiger partial charge in [0.05, 0.1) is 12.0 Å². The number of carbonyl (C=O) groups is 1. The van der Waals surface area contributed by atoms with E-state index in [4.69, 9.17) is 10.8 Å². The Balaban J connectivity index is 2.48. The summed E-state index contributed by atoms with van der Waals surface area (Å²) in [6.45, 7) is 5.24. The van der Waals surface area contributed by atoms with Crippen LogP contribution < -0.4 is 5.73 Å². The summed E-state index contributed by atoms with van der Waals surface area (Å²) in [5.74, 6) is -0.344. The van der Waals surface area contributed by atoms with Crippen LogP contribution in [0.3, 0.4) is 0 Å². The fourth-order valence-corrected chi connectivity index (χ4v) is 1.35. The van der Waals surface area contributed by atoms with Gasteiger partial charge in [-0.25, -0.2) is 4.98 Å². The van der Waals surface area contributed by atoms with Crippen molar-refractivity contribution >= 4 is 5.97 Å². The maximum Gasteiger partial charge on any atom is 0.320 e. The zero-order valence-corrected chi connectivity index (χ0v) is 9.76. The van der Waals surface area contributed by atoms with E-state index in [0.717, 1.165) is 18.7 Å². The number of aryl methyl sites for hydroxylation is 1. The van der Waals surface area contributed by atoms with Gasteiger partial charge in [-0.05, 0) is 12.3 Å². The van der Waals surface area contributed by atoms with Gasteiger partial charge >= 0.3 is 5.97 Å². The van der Waals surface area contributed by atoms with Crippen molar-refractivity contribution in [2.45, 2.75) is 39.3 Å². The summed E-state index contributed by atoms with van der Waals surface area (Å²) >= 11 is 0. The SMILES string of the molecule is CC(C)CCn1cnc(CC(N)C(=O)O)c1. The highest BCUT2D eigenvalue weighted by Gasteiger charge is 2.13. The second-order valence-electron chi connectivity index (χ2n) is 4.43. The lowest BCUT2D eigenvalue weighted by Gasteiger charge is -2.05. The highest BCUT2D eigenvalue weighted by atomic mass is 16.4. The van der Waals surface area contributed by atoms with Gasteiger partial charge in [0.2, 0.25) is 0 Å². The van der Waals surface area contributed by atoms with Crippen LogP contribution in [0.5, 0.6) is 0 Å². The fourth-order valence-electron chi connectivity index (χ4n) is 1.35. The Hall–Kier alpha value is -1.36. The van der Waals surface area contributed by atoms with Crippen LogP contribution in [0.1, 0.15) is 26.0 Å². The molecule has 0 bridgehead atoms. The number of nitrogens with two attached hydrogens (primary N) is 1. The maximum atomic E-state index is 10.6. The number of carboxylic acid groups (broad SMARTS) is 1. The van der Waals surface area contributed by atoms with Crippen molar-refractivity contribution in [2.24, 2.45) is 11.7 Å². The fraction of sp³-hybridized carbons (Fsp3) is 0.636. The number of hydrogen-bond donors (Lipinski definition) is 2. The number of imidazole rings is 1. The van der Waals surface area contributed by atoms with Gasteiger partial charge in [0.25, 0.3) is 0 Å². The molecule has 3 N–H and O–H groups in total. The molecule has 0 aliphatic rings. The highest BCUT2D eigenvalue weighted by Crippen LogP contribution is 2.05. The van der Waals surface area contributed by atoms with Crippen LogP contribution in [0.4, 0.5) is 0 Å². The summed E-state index contributed by atoms with van der Waals surface area (Å²) in [5, 5.41) is 8.67. The average Bonchev–Trinajstić information content (AvgIpc) is 2.62. The Labute approximate surface area is 95.3 Å². The molecule has 0 saturated carbocycles. The number of aliphatic carboxylic acids is 1. The Kier molecular flexibility index (Phi) is 4.49. The smallest absolute Gasteiger partial charge is 0.320 e. The van der Waals surface area contributed by atoms with E-state index >= 15 is 0 Å². The van der Waals surface area contributed by atoms with Crippen molar-refractivity contribution in [3.8, 4) is 0 Å². The van der Waals surface area contributed by atoms with Crippen LogP contribution in [0.25, 0.3) is 0 Å². The summed E-state index contributed by atoms with van der Waals surface area (Å²) < 4.78 is 1.98. The average molecular weight is 225 g/mol. The van der Waals surface area contributed by atoms with Crippen molar-refractivity contribution in [3.63, 3.8) is 0 Å². The van der Waals surface area contributed by atoms with Gasteiger partial charge < -0.3 is 15.4 Å². The van der Waals surface area contributed by atoms with Crippen molar-refractivity contribution in [1.29, 1.82) is 0 Å². The lowest BCUT2D eigenvalue weighted by atomic mass is 10.1. The van der Waals surface area contributed by atoms with Gasteiger partial charge in [-0.1, -0.05) is 13.8 Å². The van der Waals surface area contributed by atoms with E-state index in [1.54, 1.807) is 6.33 Å². The van der Waals surface area contributed by atoms with E-state index in [1.165, 1.54) is 0 Å². The molecule has 0 radical (unpaired) electrons. The van der Waals surface area contributed by atoms with Crippen LogP contribution in [0.15, 0.2) is 12.5 Å². The van der Waals surface area contributed by atoms with Crippen molar-refractivity contribution in [2.75, 3.05) is 0 Å². The summed E-state index contributed by atoms with van der Waals surface area (Å²) in [4.78, 5) is 14.7. The lowest BCUT2D eigenvalue weighted by molar-refractivity contribution is -0.138. The largest absolute Gasteiger partial charge is 0.480 e. The van der Waals surface area contributed by atoms with E-state index in [9.17, 15) is 4.79 Å². The molecule has 0 fully saturated rings. The summed E-state index contributed by atoms with van der Waals surface area (Å²) in [7, 11) is 0. The quantitative estimate of drug-likeness (QED) is 0.753. The third kappa shape index (κ3) is 4.02.